The number of rotatable bonds is 5. The van der Waals surface area contributed by atoms with Gasteiger partial charge in [0.25, 0.3) is 0 Å². The molecular weight excluding hydrogens is 304 g/mol. The molecule has 0 N–H and O–H groups in total. The lowest BCUT2D eigenvalue weighted by Gasteiger charge is -2.21. The third kappa shape index (κ3) is 4.03. The molecule has 2 aromatic rings. The predicted molar refractivity (Wildman–Crippen MR) is 94.4 cm³/mol. The van der Waals surface area contributed by atoms with Crippen LogP contribution in [0.4, 0.5) is 0 Å². The van der Waals surface area contributed by atoms with E-state index in [0.717, 1.165) is 38.5 Å². The zero-order valence-corrected chi connectivity index (χ0v) is 14.3. The Balaban J connectivity index is 1.66. The minimum atomic E-state index is -3.15. The van der Waals surface area contributed by atoms with Gasteiger partial charge in [-0.05, 0) is 48.9 Å². The van der Waals surface area contributed by atoms with E-state index in [1.807, 2.05) is 18.2 Å². The summed E-state index contributed by atoms with van der Waals surface area (Å²) in [5.41, 5.74) is 2.50. The van der Waals surface area contributed by atoms with Crippen LogP contribution in [0.15, 0.2) is 59.5 Å². The van der Waals surface area contributed by atoms with Crippen LogP contribution in [0, 0.1) is 0 Å². The Morgan fingerprint density at radius 2 is 1.30 bits per heavy atom. The zero-order valence-electron chi connectivity index (χ0n) is 13.4. The highest BCUT2D eigenvalue weighted by Gasteiger charge is 2.28. The minimum absolute atomic E-state index is 0.175. The summed E-state index contributed by atoms with van der Waals surface area (Å²) < 4.78 is 25.4. The van der Waals surface area contributed by atoms with E-state index in [9.17, 15) is 8.42 Å². The Labute approximate surface area is 139 Å². The Morgan fingerprint density at radius 1 is 0.739 bits per heavy atom. The molecule has 2 aromatic carbocycles. The van der Waals surface area contributed by atoms with E-state index in [4.69, 9.17) is 0 Å². The molecule has 3 heteroatoms. The van der Waals surface area contributed by atoms with Crippen LogP contribution in [-0.4, -0.2) is 13.7 Å². The predicted octanol–water partition coefficient (Wildman–Crippen LogP) is 4.58. The monoisotopic (exact) mass is 328 g/mol. The molecule has 1 fully saturated rings. The van der Waals surface area contributed by atoms with Gasteiger partial charge in [-0.2, -0.15) is 0 Å². The second kappa shape index (κ2) is 7.31. The highest BCUT2D eigenvalue weighted by atomic mass is 32.2. The first kappa shape index (κ1) is 16.3. The molecule has 0 unspecified atom stereocenters. The van der Waals surface area contributed by atoms with Crippen molar-refractivity contribution < 1.29 is 8.42 Å². The molecule has 1 saturated carbocycles. The molecule has 0 bridgehead atoms. The van der Waals surface area contributed by atoms with Crippen LogP contribution in [0.25, 0.3) is 0 Å². The first-order valence-corrected chi connectivity index (χ1v) is 10.1. The Kier molecular flexibility index (Phi) is 5.16. The number of hydrogen-bond donors (Lipinski definition) is 0. The summed E-state index contributed by atoms with van der Waals surface area (Å²) in [5.74, 6) is 0. The summed E-state index contributed by atoms with van der Waals surface area (Å²) in [4.78, 5) is 0.493. The summed E-state index contributed by atoms with van der Waals surface area (Å²) in [6.07, 6.45) is 6.81. The van der Waals surface area contributed by atoms with Crippen molar-refractivity contribution in [2.24, 2.45) is 0 Å². The Bertz CT molecular complexity index is 712. The van der Waals surface area contributed by atoms with E-state index in [0.29, 0.717) is 4.90 Å². The molecule has 0 radical (unpaired) electrons. The molecule has 1 aliphatic rings. The summed E-state index contributed by atoms with van der Waals surface area (Å²) in [6, 6.07) is 17.9. The van der Waals surface area contributed by atoms with Crippen LogP contribution < -0.4 is 0 Å². The molecule has 0 saturated heterocycles. The number of benzene rings is 2. The summed E-state index contributed by atoms with van der Waals surface area (Å²) in [7, 11) is -3.15. The largest absolute Gasteiger partial charge is 0.223 e. The van der Waals surface area contributed by atoms with E-state index in [2.05, 4.69) is 24.3 Å². The normalized spacial score (nSPS) is 16.3. The highest BCUT2D eigenvalue weighted by Crippen LogP contribution is 2.28. The molecule has 2 nitrogen and oxygen atoms in total. The first-order chi connectivity index (χ1) is 11.2. The summed E-state index contributed by atoms with van der Waals surface area (Å²) in [5, 5.41) is -0.175. The van der Waals surface area contributed by atoms with Gasteiger partial charge in [-0.1, -0.05) is 61.7 Å². The van der Waals surface area contributed by atoms with Crippen LogP contribution in [0.1, 0.15) is 43.2 Å². The Hall–Kier alpha value is -1.61. The van der Waals surface area contributed by atoms with E-state index >= 15 is 0 Å². The molecular formula is C20H24O2S. The van der Waals surface area contributed by atoms with Crippen molar-refractivity contribution in [2.45, 2.75) is 55.1 Å². The molecule has 122 valence electrons. The average Bonchev–Trinajstić information content (AvgIpc) is 2.62. The third-order valence-corrected chi connectivity index (χ3v) is 7.07. The maximum atomic E-state index is 12.7. The topological polar surface area (TPSA) is 34.1 Å². The van der Waals surface area contributed by atoms with Crippen molar-refractivity contribution in [1.82, 2.24) is 0 Å². The van der Waals surface area contributed by atoms with Gasteiger partial charge in [0.15, 0.2) is 9.84 Å². The fourth-order valence-electron chi connectivity index (χ4n) is 3.35. The third-order valence-electron chi connectivity index (χ3n) is 4.79. The van der Waals surface area contributed by atoms with E-state index in [1.54, 1.807) is 12.1 Å². The maximum Gasteiger partial charge on any atom is 0.181 e. The van der Waals surface area contributed by atoms with Crippen LogP contribution in [0.2, 0.25) is 0 Å². The standard InChI is InChI=1S/C20H24O2S/c21-23(22,19-9-5-2-6-10-19)20-15-13-18(14-16-20)12-11-17-7-3-1-4-8-17/h1,3-4,7-8,13-16,19H,2,5-6,9-12H2. The van der Waals surface area contributed by atoms with E-state index in [-0.39, 0.29) is 5.25 Å². The molecule has 0 heterocycles. The number of sulfone groups is 1. The van der Waals surface area contributed by atoms with Crippen molar-refractivity contribution in [1.29, 1.82) is 0 Å². The SMILES string of the molecule is O=S(=O)(c1ccc(CCc2ccccc2)cc1)C1CCCCC1. The lowest BCUT2D eigenvalue weighted by Crippen LogP contribution is -2.24. The van der Waals surface area contributed by atoms with Crippen LogP contribution in [0.5, 0.6) is 0 Å². The molecule has 0 atom stereocenters. The van der Waals surface area contributed by atoms with Gasteiger partial charge in [0, 0.05) is 0 Å². The van der Waals surface area contributed by atoms with Gasteiger partial charge in [-0.3, -0.25) is 0 Å². The van der Waals surface area contributed by atoms with Crippen molar-refractivity contribution in [2.75, 3.05) is 0 Å². The minimum Gasteiger partial charge on any atom is -0.223 e. The van der Waals surface area contributed by atoms with E-state index < -0.39 is 9.84 Å². The fraction of sp³-hybridized carbons (Fsp3) is 0.400. The van der Waals surface area contributed by atoms with Crippen LogP contribution >= 0.6 is 0 Å². The van der Waals surface area contributed by atoms with Crippen molar-refractivity contribution in [3.05, 3.63) is 65.7 Å². The zero-order chi connectivity index (χ0) is 16.1. The molecule has 0 amide bonds. The van der Waals surface area contributed by atoms with Crippen LogP contribution in [-0.2, 0) is 22.7 Å². The second-order valence-electron chi connectivity index (χ2n) is 6.43. The van der Waals surface area contributed by atoms with Gasteiger partial charge in [0.2, 0.25) is 0 Å². The molecule has 1 aliphatic carbocycles. The fourth-order valence-corrected chi connectivity index (χ4v) is 5.20. The highest BCUT2D eigenvalue weighted by molar-refractivity contribution is 7.92. The van der Waals surface area contributed by atoms with Gasteiger partial charge >= 0.3 is 0 Å². The van der Waals surface area contributed by atoms with Gasteiger partial charge < -0.3 is 0 Å². The van der Waals surface area contributed by atoms with E-state index in [1.165, 1.54) is 17.5 Å². The van der Waals surface area contributed by atoms with Gasteiger partial charge in [-0.25, -0.2) is 8.42 Å². The van der Waals surface area contributed by atoms with Crippen molar-refractivity contribution >= 4 is 9.84 Å². The average molecular weight is 328 g/mol. The number of aryl methyl sites for hydroxylation is 2. The van der Waals surface area contributed by atoms with Crippen molar-refractivity contribution in [3.63, 3.8) is 0 Å². The molecule has 23 heavy (non-hydrogen) atoms. The second-order valence-corrected chi connectivity index (χ2v) is 8.66. The quantitative estimate of drug-likeness (QED) is 0.805. The number of hydrogen-bond acceptors (Lipinski definition) is 2. The summed E-state index contributed by atoms with van der Waals surface area (Å²) >= 11 is 0. The van der Waals surface area contributed by atoms with Gasteiger partial charge in [0.05, 0.1) is 10.1 Å². The van der Waals surface area contributed by atoms with Gasteiger partial charge in [0.1, 0.15) is 0 Å². The summed E-state index contributed by atoms with van der Waals surface area (Å²) in [6.45, 7) is 0. The molecule has 0 aliphatic heterocycles. The van der Waals surface area contributed by atoms with Crippen LogP contribution in [0.3, 0.4) is 0 Å². The van der Waals surface area contributed by atoms with Crippen molar-refractivity contribution in [3.8, 4) is 0 Å². The Morgan fingerprint density at radius 3 is 1.91 bits per heavy atom. The molecule has 3 rings (SSSR count). The first-order valence-electron chi connectivity index (χ1n) is 8.53. The smallest absolute Gasteiger partial charge is 0.181 e. The lowest BCUT2D eigenvalue weighted by atomic mass is 10.0. The lowest BCUT2D eigenvalue weighted by molar-refractivity contribution is 0.483. The maximum absolute atomic E-state index is 12.7. The molecule has 0 aromatic heterocycles. The van der Waals surface area contributed by atoms with Gasteiger partial charge in [-0.15, -0.1) is 0 Å². The molecule has 0 spiro atoms.